The molecule has 8 heteroatoms. The highest BCUT2D eigenvalue weighted by Crippen LogP contribution is 2.30. The molecular formula is C10H11F4N3S. The maximum Gasteiger partial charge on any atom is 0.398 e. The SMILES string of the molecule is Cc1cc(F)c(/C(N)=N/N)cc1SCC(F)(F)F. The van der Waals surface area contributed by atoms with Gasteiger partial charge >= 0.3 is 6.18 Å². The highest BCUT2D eigenvalue weighted by Gasteiger charge is 2.27. The molecule has 3 nitrogen and oxygen atoms in total. The fraction of sp³-hybridized carbons (Fsp3) is 0.300. The molecule has 1 rings (SSSR count). The molecule has 0 spiro atoms. The van der Waals surface area contributed by atoms with Gasteiger partial charge in [0.1, 0.15) is 5.82 Å². The van der Waals surface area contributed by atoms with Crippen LogP contribution in [0.1, 0.15) is 11.1 Å². The van der Waals surface area contributed by atoms with Crippen molar-refractivity contribution in [2.24, 2.45) is 16.7 Å². The van der Waals surface area contributed by atoms with Crippen LogP contribution in [0.4, 0.5) is 17.6 Å². The number of amidine groups is 1. The Bertz CT molecular complexity index is 471. The Balaban J connectivity index is 3.06. The van der Waals surface area contributed by atoms with Crippen LogP contribution in [0, 0.1) is 12.7 Å². The van der Waals surface area contributed by atoms with Crippen LogP contribution in [-0.2, 0) is 0 Å². The molecule has 0 amide bonds. The van der Waals surface area contributed by atoms with Crippen LogP contribution in [0.5, 0.6) is 0 Å². The van der Waals surface area contributed by atoms with E-state index in [2.05, 4.69) is 5.10 Å². The van der Waals surface area contributed by atoms with Crippen molar-refractivity contribution in [2.75, 3.05) is 5.75 Å². The quantitative estimate of drug-likeness (QED) is 0.223. The molecule has 0 radical (unpaired) electrons. The number of benzene rings is 1. The van der Waals surface area contributed by atoms with Crippen LogP contribution in [0.25, 0.3) is 0 Å². The molecule has 100 valence electrons. The molecule has 0 atom stereocenters. The summed E-state index contributed by atoms with van der Waals surface area (Å²) >= 11 is 0.562. The van der Waals surface area contributed by atoms with Gasteiger partial charge in [-0.3, -0.25) is 0 Å². The molecule has 0 unspecified atom stereocenters. The van der Waals surface area contributed by atoms with Gasteiger partial charge in [-0.2, -0.15) is 18.3 Å². The highest BCUT2D eigenvalue weighted by atomic mass is 32.2. The van der Waals surface area contributed by atoms with Crippen molar-refractivity contribution >= 4 is 17.6 Å². The number of hydrogen-bond donors (Lipinski definition) is 2. The minimum Gasteiger partial charge on any atom is -0.382 e. The normalized spacial score (nSPS) is 12.8. The standard InChI is InChI=1S/C10H11F4N3S/c1-5-2-7(11)6(9(15)17-16)3-8(5)18-4-10(12,13)14/h2-3H,4,16H2,1H3,(H2,15,17). The molecule has 0 saturated heterocycles. The zero-order valence-corrected chi connectivity index (χ0v) is 10.2. The zero-order valence-electron chi connectivity index (χ0n) is 9.38. The molecule has 0 saturated carbocycles. The van der Waals surface area contributed by atoms with Crippen molar-refractivity contribution in [2.45, 2.75) is 18.0 Å². The van der Waals surface area contributed by atoms with Gasteiger partial charge in [-0.1, -0.05) is 0 Å². The number of hydrogen-bond acceptors (Lipinski definition) is 3. The molecular weight excluding hydrogens is 270 g/mol. The second-order valence-electron chi connectivity index (χ2n) is 3.52. The number of hydrazone groups is 1. The van der Waals surface area contributed by atoms with Gasteiger partial charge < -0.3 is 11.6 Å². The smallest absolute Gasteiger partial charge is 0.382 e. The van der Waals surface area contributed by atoms with Gasteiger partial charge in [0.25, 0.3) is 0 Å². The topological polar surface area (TPSA) is 64.4 Å². The van der Waals surface area contributed by atoms with Crippen molar-refractivity contribution < 1.29 is 17.6 Å². The summed E-state index contributed by atoms with van der Waals surface area (Å²) in [6.45, 7) is 1.52. The predicted molar refractivity (Wildman–Crippen MR) is 62.8 cm³/mol. The summed E-state index contributed by atoms with van der Waals surface area (Å²) in [6.07, 6.45) is -4.29. The number of nitrogens with two attached hydrogens (primary N) is 2. The fourth-order valence-corrected chi connectivity index (χ4v) is 2.04. The Morgan fingerprint density at radius 1 is 1.39 bits per heavy atom. The number of halogens is 4. The molecule has 18 heavy (non-hydrogen) atoms. The monoisotopic (exact) mass is 281 g/mol. The van der Waals surface area contributed by atoms with Crippen LogP contribution in [0.15, 0.2) is 22.1 Å². The molecule has 0 bridgehead atoms. The lowest BCUT2D eigenvalue weighted by molar-refractivity contribution is -0.105. The Morgan fingerprint density at radius 2 is 2.00 bits per heavy atom. The number of aryl methyl sites for hydroxylation is 1. The maximum atomic E-state index is 13.5. The average molecular weight is 281 g/mol. The molecule has 0 heterocycles. The van der Waals surface area contributed by atoms with Gasteiger partial charge in [0.2, 0.25) is 0 Å². The summed E-state index contributed by atoms with van der Waals surface area (Å²) in [5.74, 6) is 2.92. The maximum absolute atomic E-state index is 13.5. The first-order valence-electron chi connectivity index (χ1n) is 4.78. The predicted octanol–water partition coefficient (Wildman–Crippen LogP) is 2.37. The van der Waals surface area contributed by atoms with Gasteiger partial charge in [0.05, 0.1) is 11.3 Å². The summed E-state index contributed by atoms with van der Waals surface area (Å²) in [7, 11) is 0. The van der Waals surface area contributed by atoms with Gasteiger partial charge in [0.15, 0.2) is 5.84 Å². The third-order valence-electron chi connectivity index (χ3n) is 2.07. The molecule has 4 N–H and O–H groups in total. The van der Waals surface area contributed by atoms with E-state index in [0.29, 0.717) is 17.3 Å². The summed E-state index contributed by atoms with van der Waals surface area (Å²) in [5, 5.41) is 3.12. The van der Waals surface area contributed by atoms with E-state index in [4.69, 9.17) is 11.6 Å². The lowest BCUT2D eigenvalue weighted by atomic mass is 10.1. The van der Waals surface area contributed by atoms with E-state index >= 15 is 0 Å². The summed E-state index contributed by atoms with van der Waals surface area (Å²) in [6, 6.07) is 2.32. The Hall–Kier alpha value is -1.44. The first-order chi connectivity index (χ1) is 8.24. The second kappa shape index (κ2) is 5.47. The minimum atomic E-state index is -4.29. The van der Waals surface area contributed by atoms with E-state index in [-0.39, 0.29) is 16.3 Å². The molecule has 1 aromatic carbocycles. The molecule has 0 fully saturated rings. The summed E-state index contributed by atoms with van der Waals surface area (Å²) in [5.41, 5.74) is 5.64. The fourth-order valence-electron chi connectivity index (χ4n) is 1.23. The number of thioether (sulfide) groups is 1. The van der Waals surface area contributed by atoms with E-state index in [1.165, 1.54) is 13.0 Å². The molecule has 0 aliphatic rings. The summed E-state index contributed by atoms with van der Waals surface area (Å²) in [4.78, 5) is 0.287. The van der Waals surface area contributed by atoms with Gasteiger partial charge in [0, 0.05) is 4.90 Å². The molecule has 0 aliphatic heterocycles. The van der Waals surface area contributed by atoms with Crippen LogP contribution in [-0.4, -0.2) is 17.8 Å². The average Bonchev–Trinajstić information content (AvgIpc) is 2.25. The van der Waals surface area contributed by atoms with E-state index in [1.54, 1.807) is 0 Å². The number of rotatable bonds is 3. The Labute approximate surface area is 105 Å². The third-order valence-corrected chi connectivity index (χ3v) is 3.29. The van der Waals surface area contributed by atoms with Crippen LogP contribution in [0.2, 0.25) is 0 Å². The Kier molecular flexibility index (Phi) is 4.44. The minimum absolute atomic E-state index is 0.104. The van der Waals surface area contributed by atoms with Crippen molar-refractivity contribution in [3.63, 3.8) is 0 Å². The van der Waals surface area contributed by atoms with Gasteiger partial charge in [-0.15, -0.1) is 11.8 Å². The molecule has 1 aromatic rings. The largest absolute Gasteiger partial charge is 0.398 e. The van der Waals surface area contributed by atoms with Gasteiger partial charge in [-0.25, -0.2) is 4.39 Å². The second-order valence-corrected chi connectivity index (χ2v) is 4.53. The van der Waals surface area contributed by atoms with E-state index in [0.717, 1.165) is 6.07 Å². The number of nitrogens with zero attached hydrogens (tertiary/aromatic N) is 1. The lowest BCUT2D eigenvalue weighted by Crippen LogP contribution is -2.18. The van der Waals surface area contributed by atoms with Crippen molar-refractivity contribution in [1.29, 1.82) is 0 Å². The van der Waals surface area contributed by atoms with Crippen LogP contribution in [0.3, 0.4) is 0 Å². The van der Waals surface area contributed by atoms with Crippen molar-refractivity contribution in [3.8, 4) is 0 Å². The van der Waals surface area contributed by atoms with Gasteiger partial charge in [-0.05, 0) is 24.6 Å². The first kappa shape index (κ1) is 14.6. The van der Waals surface area contributed by atoms with Crippen molar-refractivity contribution in [1.82, 2.24) is 0 Å². The van der Waals surface area contributed by atoms with E-state index in [9.17, 15) is 17.6 Å². The van der Waals surface area contributed by atoms with Crippen molar-refractivity contribution in [3.05, 3.63) is 29.1 Å². The highest BCUT2D eigenvalue weighted by molar-refractivity contribution is 7.99. The third kappa shape index (κ3) is 3.80. The summed E-state index contributed by atoms with van der Waals surface area (Å²) < 4.78 is 49.8. The molecule has 0 aromatic heterocycles. The zero-order chi connectivity index (χ0) is 13.9. The van der Waals surface area contributed by atoms with Crippen LogP contribution < -0.4 is 11.6 Å². The first-order valence-corrected chi connectivity index (χ1v) is 5.76. The van der Waals surface area contributed by atoms with E-state index in [1.807, 2.05) is 0 Å². The number of alkyl halides is 3. The van der Waals surface area contributed by atoms with E-state index < -0.39 is 17.7 Å². The Morgan fingerprint density at radius 3 is 2.50 bits per heavy atom. The molecule has 0 aliphatic carbocycles. The lowest BCUT2D eigenvalue weighted by Gasteiger charge is -2.11. The van der Waals surface area contributed by atoms with Crippen LogP contribution >= 0.6 is 11.8 Å².